The highest BCUT2D eigenvalue weighted by Crippen LogP contribution is 2.17. The Kier molecular flexibility index (Phi) is 5.49. The predicted octanol–water partition coefficient (Wildman–Crippen LogP) is 1.45. The summed E-state index contributed by atoms with van der Waals surface area (Å²) >= 11 is 0. The van der Waals surface area contributed by atoms with E-state index in [1.807, 2.05) is 19.4 Å². The van der Waals surface area contributed by atoms with Crippen molar-refractivity contribution in [2.45, 2.75) is 31.8 Å². The maximum Gasteiger partial charge on any atom is 0.304 e. The summed E-state index contributed by atoms with van der Waals surface area (Å²) in [6.07, 6.45) is 6.12. The zero-order valence-electron chi connectivity index (χ0n) is 12.0. The van der Waals surface area contributed by atoms with Gasteiger partial charge in [-0.05, 0) is 50.7 Å². The lowest BCUT2D eigenvalue weighted by atomic mass is 10.0. The van der Waals surface area contributed by atoms with Gasteiger partial charge >= 0.3 is 5.97 Å². The molecule has 0 unspecified atom stereocenters. The summed E-state index contributed by atoms with van der Waals surface area (Å²) in [5.74, 6) is -0.716. The van der Waals surface area contributed by atoms with Crippen LogP contribution >= 0.6 is 0 Å². The van der Waals surface area contributed by atoms with Gasteiger partial charge in [-0.25, -0.2) is 0 Å². The van der Waals surface area contributed by atoms with Crippen LogP contribution in [-0.2, 0) is 11.3 Å². The molecule has 110 valence electrons. The maximum atomic E-state index is 10.6. The maximum absolute atomic E-state index is 10.6. The van der Waals surface area contributed by atoms with Crippen LogP contribution in [0.3, 0.4) is 0 Å². The van der Waals surface area contributed by atoms with E-state index in [0.717, 1.165) is 32.5 Å². The van der Waals surface area contributed by atoms with E-state index in [1.165, 1.54) is 5.56 Å². The van der Waals surface area contributed by atoms with Gasteiger partial charge in [0, 0.05) is 31.5 Å². The van der Waals surface area contributed by atoms with Gasteiger partial charge in [0.15, 0.2) is 0 Å². The highest BCUT2D eigenvalue weighted by atomic mass is 16.4. The summed E-state index contributed by atoms with van der Waals surface area (Å²) in [4.78, 5) is 19.3. The second-order valence-corrected chi connectivity index (χ2v) is 5.49. The highest BCUT2D eigenvalue weighted by Gasteiger charge is 2.22. The molecule has 5 nitrogen and oxygen atoms in total. The number of likely N-dealkylation sites (tertiary alicyclic amines) is 1. The third kappa shape index (κ3) is 4.58. The van der Waals surface area contributed by atoms with Crippen molar-refractivity contribution in [3.8, 4) is 0 Å². The zero-order chi connectivity index (χ0) is 14.4. The van der Waals surface area contributed by atoms with E-state index in [2.05, 4.69) is 26.9 Å². The molecule has 0 aliphatic carbocycles. The normalized spacial score (nSPS) is 17.5. The van der Waals surface area contributed by atoms with Crippen molar-refractivity contribution in [2.75, 3.05) is 26.7 Å². The van der Waals surface area contributed by atoms with E-state index in [4.69, 9.17) is 5.11 Å². The number of aliphatic carboxylic acids is 1. The van der Waals surface area contributed by atoms with Crippen LogP contribution in [0.2, 0.25) is 0 Å². The monoisotopic (exact) mass is 277 g/mol. The van der Waals surface area contributed by atoms with Gasteiger partial charge < -0.3 is 10.0 Å². The first-order valence-electron chi connectivity index (χ1n) is 7.18. The quantitative estimate of drug-likeness (QED) is 0.853. The van der Waals surface area contributed by atoms with Crippen LogP contribution in [0.15, 0.2) is 24.5 Å². The van der Waals surface area contributed by atoms with Crippen LogP contribution in [0.5, 0.6) is 0 Å². The molecule has 0 bridgehead atoms. The average molecular weight is 277 g/mol. The highest BCUT2D eigenvalue weighted by molar-refractivity contribution is 5.66. The van der Waals surface area contributed by atoms with Gasteiger partial charge in [0.25, 0.3) is 0 Å². The summed E-state index contributed by atoms with van der Waals surface area (Å²) in [7, 11) is 2.03. The Bertz CT molecular complexity index is 416. The van der Waals surface area contributed by atoms with Gasteiger partial charge in [-0.2, -0.15) is 0 Å². The largest absolute Gasteiger partial charge is 0.481 e. The molecule has 1 aromatic rings. The molecule has 5 heteroatoms. The molecule has 0 spiro atoms. The van der Waals surface area contributed by atoms with E-state index in [-0.39, 0.29) is 6.42 Å². The van der Waals surface area contributed by atoms with Crippen molar-refractivity contribution in [3.05, 3.63) is 30.1 Å². The molecule has 0 radical (unpaired) electrons. The molecule has 1 aromatic heterocycles. The molecule has 0 amide bonds. The molecule has 1 saturated heterocycles. The van der Waals surface area contributed by atoms with Crippen molar-refractivity contribution in [1.82, 2.24) is 14.8 Å². The predicted molar refractivity (Wildman–Crippen MR) is 77.4 cm³/mol. The van der Waals surface area contributed by atoms with Gasteiger partial charge in [-0.1, -0.05) is 0 Å². The first kappa shape index (κ1) is 14.9. The fourth-order valence-electron chi connectivity index (χ4n) is 2.72. The van der Waals surface area contributed by atoms with Crippen LogP contribution < -0.4 is 0 Å². The Balaban J connectivity index is 1.73. The van der Waals surface area contributed by atoms with Gasteiger partial charge in [0.2, 0.25) is 0 Å². The summed E-state index contributed by atoms with van der Waals surface area (Å²) in [5, 5.41) is 8.73. The number of rotatable bonds is 6. The number of aromatic nitrogens is 1. The summed E-state index contributed by atoms with van der Waals surface area (Å²) < 4.78 is 0. The van der Waals surface area contributed by atoms with Crippen molar-refractivity contribution in [3.63, 3.8) is 0 Å². The van der Waals surface area contributed by atoms with Gasteiger partial charge in [0.1, 0.15) is 0 Å². The van der Waals surface area contributed by atoms with Gasteiger partial charge in [-0.15, -0.1) is 0 Å². The first-order chi connectivity index (χ1) is 9.65. The molecule has 1 aliphatic heterocycles. The number of carboxylic acids is 1. The molecule has 1 aliphatic rings. The molecule has 1 fully saturated rings. The van der Waals surface area contributed by atoms with Crippen LogP contribution in [0.4, 0.5) is 0 Å². The fourth-order valence-corrected chi connectivity index (χ4v) is 2.72. The second kappa shape index (κ2) is 7.36. The molecule has 1 N–H and O–H groups in total. The Morgan fingerprint density at radius 1 is 1.40 bits per heavy atom. The lowest BCUT2D eigenvalue weighted by molar-refractivity contribution is -0.137. The lowest BCUT2D eigenvalue weighted by Gasteiger charge is -2.36. The van der Waals surface area contributed by atoms with Crippen LogP contribution in [0, 0.1) is 0 Å². The minimum absolute atomic E-state index is 0.230. The smallest absolute Gasteiger partial charge is 0.304 e. The summed E-state index contributed by atoms with van der Waals surface area (Å²) in [5.41, 5.74) is 1.30. The van der Waals surface area contributed by atoms with Crippen molar-refractivity contribution in [1.29, 1.82) is 0 Å². The van der Waals surface area contributed by atoms with Gasteiger partial charge in [-0.3, -0.25) is 14.7 Å². The number of hydrogen-bond donors (Lipinski definition) is 1. The molecule has 2 rings (SSSR count). The molecular formula is C15H23N3O2. The van der Waals surface area contributed by atoms with Crippen LogP contribution in [0.1, 0.15) is 24.8 Å². The lowest BCUT2D eigenvalue weighted by Crippen LogP contribution is -2.43. The van der Waals surface area contributed by atoms with Crippen LogP contribution in [0.25, 0.3) is 0 Å². The van der Waals surface area contributed by atoms with E-state index in [9.17, 15) is 4.79 Å². The Hall–Kier alpha value is -1.46. The first-order valence-corrected chi connectivity index (χ1v) is 7.18. The zero-order valence-corrected chi connectivity index (χ0v) is 12.0. The molecule has 2 heterocycles. The van der Waals surface area contributed by atoms with E-state index >= 15 is 0 Å². The number of carbonyl (C=O) groups is 1. The minimum Gasteiger partial charge on any atom is -0.481 e. The van der Waals surface area contributed by atoms with E-state index < -0.39 is 5.97 Å². The third-order valence-corrected chi connectivity index (χ3v) is 4.01. The van der Waals surface area contributed by atoms with Crippen molar-refractivity contribution >= 4 is 5.97 Å². The molecule has 0 atom stereocenters. The number of carboxylic acid groups (broad SMARTS) is 1. The topological polar surface area (TPSA) is 56.7 Å². The molecule has 0 saturated carbocycles. The SMILES string of the molecule is CN(CCC(=O)O)C1CCN(Cc2ccncc2)CC1. The fraction of sp³-hybridized carbons (Fsp3) is 0.600. The van der Waals surface area contributed by atoms with E-state index in [1.54, 1.807) is 0 Å². The Morgan fingerprint density at radius 3 is 2.65 bits per heavy atom. The van der Waals surface area contributed by atoms with Gasteiger partial charge in [0.05, 0.1) is 6.42 Å². The number of nitrogens with zero attached hydrogens (tertiary/aromatic N) is 3. The number of pyridine rings is 1. The number of piperidine rings is 1. The van der Waals surface area contributed by atoms with Crippen LogP contribution in [-0.4, -0.2) is 58.6 Å². The summed E-state index contributed by atoms with van der Waals surface area (Å²) in [6, 6.07) is 4.64. The second-order valence-electron chi connectivity index (χ2n) is 5.49. The average Bonchev–Trinajstić information content (AvgIpc) is 2.46. The molecular weight excluding hydrogens is 254 g/mol. The van der Waals surface area contributed by atoms with Crippen molar-refractivity contribution in [2.24, 2.45) is 0 Å². The van der Waals surface area contributed by atoms with E-state index in [0.29, 0.717) is 12.6 Å². The Labute approximate surface area is 120 Å². The molecule has 0 aromatic carbocycles. The Morgan fingerprint density at radius 2 is 2.05 bits per heavy atom. The third-order valence-electron chi connectivity index (χ3n) is 4.01. The summed E-state index contributed by atoms with van der Waals surface area (Å²) in [6.45, 7) is 3.77. The minimum atomic E-state index is -0.716. The standard InChI is InChI=1S/C15H23N3O2/c1-17(9-6-15(19)20)14-4-10-18(11-5-14)12-13-2-7-16-8-3-13/h2-3,7-8,14H,4-6,9-12H2,1H3,(H,19,20). The molecule has 20 heavy (non-hydrogen) atoms. The number of hydrogen-bond acceptors (Lipinski definition) is 4. The van der Waals surface area contributed by atoms with Crippen molar-refractivity contribution < 1.29 is 9.90 Å².